The largest absolute Gasteiger partial charge is 0.507 e. The van der Waals surface area contributed by atoms with Gasteiger partial charge in [0, 0.05) is 11.6 Å². The fraction of sp³-hybridized carbons (Fsp3) is 0.286. The van der Waals surface area contributed by atoms with E-state index < -0.39 is 0 Å². The number of likely N-dealkylation sites (tertiary alicyclic amines) is 1. The Morgan fingerprint density at radius 2 is 2.04 bits per heavy atom. The zero-order chi connectivity index (χ0) is 18.3. The average Bonchev–Trinajstić information content (AvgIpc) is 3.20. The van der Waals surface area contributed by atoms with Gasteiger partial charge in [0.25, 0.3) is 0 Å². The highest BCUT2D eigenvalue weighted by atomic mass is 35.5. The molecule has 0 radical (unpaired) electrons. The van der Waals surface area contributed by atoms with Crippen LogP contribution in [-0.2, 0) is 6.54 Å². The van der Waals surface area contributed by atoms with Crippen LogP contribution >= 0.6 is 11.6 Å². The third-order valence-corrected chi connectivity index (χ3v) is 5.18. The van der Waals surface area contributed by atoms with Gasteiger partial charge in [-0.3, -0.25) is 9.69 Å². The van der Waals surface area contributed by atoms with Crippen LogP contribution in [0.25, 0.3) is 6.08 Å². The molecule has 26 heavy (non-hydrogen) atoms. The summed E-state index contributed by atoms with van der Waals surface area (Å²) in [7, 11) is 0. The topological polar surface area (TPSA) is 49.8 Å². The molecule has 2 aliphatic rings. The summed E-state index contributed by atoms with van der Waals surface area (Å²) >= 11 is 6.03. The number of Topliss-reactive ketones (excluding diaryl/α,β-unsaturated/α-hetero) is 1. The number of carbonyl (C=O) groups excluding carboxylic acids is 1. The van der Waals surface area contributed by atoms with Gasteiger partial charge in [-0.25, -0.2) is 0 Å². The van der Waals surface area contributed by atoms with E-state index in [4.69, 9.17) is 16.3 Å². The molecule has 2 aromatic rings. The molecule has 2 aliphatic heterocycles. The Labute approximate surface area is 157 Å². The zero-order valence-corrected chi connectivity index (χ0v) is 15.3. The Morgan fingerprint density at radius 1 is 1.27 bits per heavy atom. The molecule has 5 heteroatoms. The molecule has 0 amide bonds. The van der Waals surface area contributed by atoms with E-state index in [0.29, 0.717) is 28.4 Å². The highest BCUT2D eigenvalue weighted by Gasteiger charge is 2.33. The molecule has 0 bridgehead atoms. The molecule has 0 saturated carbocycles. The first-order valence-corrected chi connectivity index (χ1v) is 9.18. The van der Waals surface area contributed by atoms with Crippen LogP contribution in [0.2, 0.25) is 5.02 Å². The number of rotatable bonds is 3. The summed E-state index contributed by atoms with van der Waals surface area (Å²) in [5.41, 5.74) is 2.76. The van der Waals surface area contributed by atoms with Crippen LogP contribution in [0.1, 0.15) is 39.9 Å². The Morgan fingerprint density at radius 3 is 2.77 bits per heavy atom. The molecule has 1 saturated heterocycles. The molecule has 0 aliphatic carbocycles. The van der Waals surface area contributed by atoms with Crippen molar-refractivity contribution in [2.24, 2.45) is 0 Å². The maximum absolute atomic E-state index is 12.9. The van der Waals surface area contributed by atoms with Crippen LogP contribution in [0, 0.1) is 6.92 Å². The van der Waals surface area contributed by atoms with Gasteiger partial charge < -0.3 is 9.84 Å². The van der Waals surface area contributed by atoms with Crippen molar-refractivity contribution in [3.63, 3.8) is 0 Å². The molecule has 0 atom stereocenters. The summed E-state index contributed by atoms with van der Waals surface area (Å²) in [6.45, 7) is 4.41. The van der Waals surface area contributed by atoms with E-state index in [1.165, 1.54) is 0 Å². The van der Waals surface area contributed by atoms with Gasteiger partial charge >= 0.3 is 0 Å². The number of allylic oxidation sites excluding steroid dienone is 1. The number of carbonyl (C=O) groups is 1. The lowest BCUT2D eigenvalue weighted by Crippen LogP contribution is -2.19. The predicted molar refractivity (Wildman–Crippen MR) is 102 cm³/mol. The number of aromatic hydroxyl groups is 1. The molecule has 4 nitrogen and oxygen atoms in total. The minimum atomic E-state index is -0.153. The number of aryl methyl sites for hydroxylation is 1. The summed E-state index contributed by atoms with van der Waals surface area (Å²) in [4.78, 5) is 15.2. The van der Waals surface area contributed by atoms with Gasteiger partial charge in [-0.2, -0.15) is 0 Å². The normalized spacial score (nSPS) is 18.4. The van der Waals surface area contributed by atoms with Gasteiger partial charge in [0.1, 0.15) is 11.5 Å². The van der Waals surface area contributed by atoms with Crippen molar-refractivity contribution in [1.29, 1.82) is 0 Å². The van der Waals surface area contributed by atoms with E-state index in [2.05, 4.69) is 4.90 Å². The van der Waals surface area contributed by atoms with Gasteiger partial charge in [-0.1, -0.05) is 23.7 Å². The van der Waals surface area contributed by atoms with Gasteiger partial charge in [0.15, 0.2) is 5.76 Å². The lowest BCUT2D eigenvalue weighted by molar-refractivity contribution is 0.101. The fourth-order valence-corrected chi connectivity index (χ4v) is 3.84. The molecular formula is C21H20ClNO3. The predicted octanol–water partition coefficient (Wildman–Crippen LogP) is 4.57. The Kier molecular flexibility index (Phi) is 4.47. The number of phenolic OH excluding ortho intramolecular Hbond substituents is 1. The minimum absolute atomic E-state index is 0.153. The van der Waals surface area contributed by atoms with E-state index >= 15 is 0 Å². The molecule has 0 unspecified atom stereocenters. The van der Waals surface area contributed by atoms with Crippen LogP contribution in [-0.4, -0.2) is 28.9 Å². The van der Waals surface area contributed by atoms with Crippen molar-refractivity contribution >= 4 is 23.5 Å². The number of nitrogens with zero attached hydrogens (tertiary/aromatic N) is 1. The van der Waals surface area contributed by atoms with Crippen molar-refractivity contribution in [2.45, 2.75) is 26.3 Å². The number of fused-ring (bicyclic) bond motifs is 1. The molecule has 0 aromatic heterocycles. The first kappa shape index (κ1) is 17.1. The Hall–Kier alpha value is -2.30. The molecule has 1 fully saturated rings. The second-order valence-electron chi connectivity index (χ2n) is 6.87. The first-order valence-electron chi connectivity index (χ1n) is 8.80. The van der Waals surface area contributed by atoms with E-state index in [1.807, 2.05) is 19.1 Å². The van der Waals surface area contributed by atoms with Crippen molar-refractivity contribution in [2.75, 3.05) is 13.1 Å². The van der Waals surface area contributed by atoms with Gasteiger partial charge in [-0.05, 0) is 68.3 Å². The van der Waals surface area contributed by atoms with Gasteiger partial charge in [0.2, 0.25) is 5.78 Å². The lowest BCUT2D eigenvalue weighted by atomic mass is 9.99. The summed E-state index contributed by atoms with van der Waals surface area (Å²) in [5.74, 6) is 0.788. The van der Waals surface area contributed by atoms with Crippen molar-refractivity contribution in [1.82, 2.24) is 4.90 Å². The molecule has 1 N–H and O–H groups in total. The third kappa shape index (κ3) is 3.11. The smallest absolute Gasteiger partial charge is 0.232 e. The van der Waals surface area contributed by atoms with Crippen LogP contribution in [0.3, 0.4) is 0 Å². The van der Waals surface area contributed by atoms with E-state index in [1.54, 1.807) is 24.3 Å². The number of hydrogen-bond donors (Lipinski definition) is 1. The van der Waals surface area contributed by atoms with Crippen LogP contribution in [0.15, 0.2) is 36.1 Å². The number of hydrogen-bond acceptors (Lipinski definition) is 4. The number of benzene rings is 2. The average molecular weight is 370 g/mol. The number of ether oxygens (including phenoxy) is 1. The molecule has 2 aromatic carbocycles. The first-order chi connectivity index (χ1) is 12.5. The molecule has 134 valence electrons. The SMILES string of the molecule is Cc1cc(O)c(CN2CCCC2)c2c1C(=O)/C(=C/c1cccc(Cl)c1)O2. The summed E-state index contributed by atoms with van der Waals surface area (Å²) in [6, 6.07) is 8.93. The third-order valence-electron chi connectivity index (χ3n) is 4.95. The zero-order valence-electron chi connectivity index (χ0n) is 14.6. The fourth-order valence-electron chi connectivity index (χ4n) is 3.64. The van der Waals surface area contributed by atoms with Gasteiger partial charge in [0.05, 0.1) is 11.1 Å². The summed E-state index contributed by atoms with van der Waals surface area (Å²) in [6.07, 6.45) is 4.02. The van der Waals surface area contributed by atoms with Crippen molar-refractivity contribution in [3.05, 3.63) is 63.4 Å². The Balaban J connectivity index is 1.73. The molecule has 0 spiro atoms. The standard InChI is InChI=1S/C21H20ClNO3/c1-13-9-17(24)16(12-23-7-2-3-8-23)21-19(13)20(25)18(26-21)11-14-5-4-6-15(22)10-14/h4-6,9-11,24H,2-3,7-8,12H2,1H3/b18-11-. The van der Waals surface area contributed by atoms with Crippen molar-refractivity contribution in [3.8, 4) is 11.5 Å². The second-order valence-corrected chi connectivity index (χ2v) is 7.31. The van der Waals surface area contributed by atoms with Crippen LogP contribution in [0.5, 0.6) is 11.5 Å². The summed E-state index contributed by atoms with van der Waals surface area (Å²) < 4.78 is 5.95. The van der Waals surface area contributed by atoms with Crippen molar-refractivity contribution < 1.29 is 14.6 Å². The number of halogens is 1. The quantitative estimate of drug-likeness (QED) is 0.805. The molecule has 2 heterocycles. The van der Waals surface area contributed by atoms with E-state index in [-0.39, 0.29) is 17.3 Å². The van der Waals surface area contributed by atoms with E-state index in [9.17, 15) is 9.90 Å². The van der Waals surface area contributed by atoms with Gasteiger partial charge in [-0.15, -0.1) is 0 Å². The highest BCUT2D eigenvalue weighted by molar-refractivity contribution is 6.30. The maximum atomic E-state index is 12.9. The second kappa shape index (κ2) is 6.78. The molecular weight excluding hydrogens is 350 g/mol. The minimum Gasteiger partial charge on any atom is -0.507 e. The number of ketones is 1. The maximum Gasteiger partial charge on any atom is 0.232 e. The molecule has 4 rings (SSSR count). The monoisotopic (exact) mass is 369 g/mol. The number of phenols is 1. The van der Waals surface area contributed by atoms with Crippen LogP contribution in [0.4, 0.5) is 0 Å². The lowest BCUT2D eigenvalue weighted by Gasteiger charge is -2.18. The summed E-state index contributed by atoms with van der Waals surface area (Å²) in [5, 5.41) is 11.1. The highest BCUT2D eigenvalue weighted by Crippen LogP contribution is 2.42. The van der Waals surface area contributed by atoms with Crippen LogP contribution < -0.4 is 4.74 Å². The van der Waals surface area contributed by atoms with E-state index in [0.717, 1.165) is 37.1 Å². The Bertz CT molecular complexity index is 914.